The zero-order valence-electron chi connectivity index (χ0n) is 21.1. The van der Waals surface area contributed by atoms with E-state index >= 15 is 4.39 Å². The summed E-state index contributed by atoms with van der Waals surface area (Å²) in [5.41, 5.74) is 7.16. The number of benzene rings is 3. The number of carbonyl (C=O) groups is 1. The number of pyridine rings is 1. The summed E-state index contributed by atoms with van der Waals surface area (Å²) in [6.45, 7) is 3.62. The van der Waals surface area contributed by atoms with Crippen LogP contribution < -0.4 is 20.8 Å². The molecule has 1 atom stereocenters. The van der Waals surface area contributed by atoms with Gasteiger partial charge in [-0.3, -0.25) is 9.59 Å². The lowest BCUT2D eigenvalue weighted by Crippen LogP contribution is -2.48. The number of nitrogens with two attached hydrogens (primary N) is 1. The van der Waals surface area contributed by atoms with Gasteiger partial charge in [-0.1, -0.05) is 24.3 Å². The van der Waals surface area contributed by atoms with Crippen LogP contribution in [0.15, 0.2) is 53.5 Å². The van der Waals surface area contributed by atoms with Crippen molar-refractivity contribution in [1.29, 1.82) is 0 Å². The number of anilines is 1. The number of nitrogens with zero attached hydrogens (tertiary/aromatic N) is 4. The average molecular weight is 514 g/mol. The quantitative estimate of drug-likeness (QED) is 0.390. The molecule has 194 valence electrons. The summed E-state index contributed by atoms with van der Waals surface area (Å²) in [6.07, 6.45) is 2.35. The summed E-state index contributed by atoms with van der Waals surface area (Å²) in [7, 11) is 2.01. The molecular weight excluding hydrogens is 485 g/mol. The van der Waals surface area contributed by atoms with Crippen molar-refractivity contribution < 1.29 is 13.9 Å². The van der Waals surface area contributed by atoms with Gasteiger partial charge in [-0.2, -0.15) is 0 Å². The smallest absolute Gasteiger partial charge is 0.259 e. The first-order valence-electron chi connectivity index (χ1n) is 13.0. The molecule has 3 aromatic carbocycles. The lowest BCUT2D eigenvalue weighted by Gasteiger charge is -2.33. The number of ether oxygens (including phenoxy) is 1. The minimum Gasteiger partial charge on any atom is -0.451 e. The van der Waals surface area contributed by atoms with Gasteiger partial charge in [0.15, 0.2) is 17.3 Å². The Balaban J connectivity index is 1.50. The molecule has 1 amide bonds. The van der Waals surface area contributed by atoms with Gasteiger partial charge in [0.25, 0.3) is 5.91 Å². The monoisotopic (exact) mass is 513 g/mol. The van der Waals surface area contributed by atoms with Crippen molar-refractivity contribution in [3.63, 3.8) is 0 Å². The SMILES string of the molecule is CN1CCN(C(=O)c2cn3c4c(c(N5CCC(N)C5)c(F)cc4c2=O)Oc2cc4ccccc4cc2-3)CC1. The van der Waals surface area contributed by atoms with E-state index in [-0.39, 0.29) is 28.6 Å². The van der Waals surface area contributed by atoms with Crippen molar-refractivity contribution in [2.75, 3.05) is 51.2 Å². The zero-order valence-corrected chi connectivity index (χ0v) is 21.1. The van der Waals surface area contributed by atoms with E-state index < -0.39 is 11.2 Å². The number of likely N-dealkylation sites (N-methyl/N-ethyl adjacent to an activating group) is 1. The first-order valence-corrected chi connectivity index (χ1v) is 13.0. The predicted octanol–water partition coefficient (Wildman–Crippen LogP) is 3.31. The predicted molar refractivity (Wildman–Crippen MR) is 145 cm³/mol. The van der Waals surface area contributed by atoms with Crippen molar-refractivity contribution in [2.24, 2.45) is 5.73 Å². The molecule has 3 aliphatic heterocycles. The van der Waals surface area contributed by atoms with Crippen molar-refractivity contribution >= 4 is 33.3 Å². The first kappa shape index (κ1) is 23.2. The number of hydrogen-bond acceptors (Lipinski definition) is 6. The summed E-state index contributed by atoms with van der Waals surface area (Å²) in [6, 6.07) is 13.0. The number of aromatic nitrogens is 1. The van der Waals surface area contributed by atoms with Crippen LogP contribution in [-0.4, -0.2) is 72.6 Å². The van der Waals surface area contributed by atoms with E-state index in [0.29, 0.717) is 48.8 Å². The molecule has 2 fully saturated rings. The topological polar surface area (TPSA) is 84.0 Å². The molecule has 2 saturated heterocycles. The molecule has 38 heavy (non-hydrogen) atoms. The lowest BCUT2D eigenvalue weighted by atomic mass is 10.0. The molecule has 1 unspecified atom stereocenters. The largest absolute Gasteiger partial charge is 0.451 e. The Kier molecular flexibility index (Phi) is 5.21. The normalized spacial score (nSPS) is 19.2. The Morgan fingerprint density at radius 2 is 1.79 bits per heavy atom. The van der Waals surface area contributed by atoms with Gasteiger partial charge < -0.3 is 29.7 Å². The van der Waals surface area contributed by atoms with Crippen molar-refractivity contribution in [2.45, 2.75) is 12.5 Å². The maximum absolute atomic E-state index is 15.8. The van der Waals surface area contributed by atoms with Crippen LogP contribution >= 0.6 is 0 Å². The fourth-order valence-corrected chi connectivity index (χ4v) is 5.91. The van der Waals surface area contributed by atoms with Gasteiger partial charge in [0.05, 0.1) is 11.1 Å². The molecule has 1 aromatic heterocycles. The molecular formula is C29H28FN5O3. The highest BCUT2D eigenvalue weighted by molar-refractivity contribution is 6.02. The molecule has 0 radical (unpaired) electrons. The van der Waals surface area contributed by atoms with E-state index in [9.17, 15) is 9.59 Å². The Labute approximate surface area is 218 Å². The highest BCUT2D eigenvalue weighted by atomic mass is 19.1. The molecule has 0 bridgehead atoms. The molecule has 0 spiro atoms. The van der Waals surface area contributed by atoms with Crippen LogP contribution in [-0.2, 0) is 0 Å². The number of fused-ring (bicyclic) bond motifs is 3. The van der Waals surface area contributed by atoms with Gasteiger partial charge in [-0.15, -0.1) is 0 Å². The molecule has 8 nitrogen and oxygen atoms in total. The van der Waals surface area contributed by atoms with E-state index in [2.05, 4.69) is 4.90 Å². The number of carbonyl (C=O) groups excluding carboxylic acids is 1. The van der Waals surface area contributed by atoms with Crippen LogP contribution in [0, 0.1) is 5.82 Å². The van der Waals surface area contributed by atoms with Gasteiger partial charge in [-0.25, -0.2) is 4.39 Å². The van der Waals surface area contributed by atoms with E-state index in [0.717, 1.165) is 30.3 Å². The maximum atomic E-state index is 15.8. The summed E-state index contributed by atoms with van der Waals surface area (Å²) < 4.78 is 24.1. The third kappa shape index (κ3) is 3.49. The molecule has 0 saturated carbocycles. The summed E-state index contributed by atoms with van der Waals surface area (Å²) in [5.74, 6) is -0.0696. The van der Waals surface area contributed by atoms with Gasteiger partial charge in [0.2, 0.25) is 5.43 Å². The Morgan fingerprint density at radius 1 is 1.05 bits per heavy atom. The van der Waals surface area contributed by atoms with Crippen molar-refractivity contribution in [3.8, 4) is 17.2 Å². The lowest BCUT2D eigenvalue weighted by molar-refractivity contribution is 0.0662. The first-order chi connectivity index (χ1) is 18.4. The second kappa shape index (κ2) is 8.54. The minimum absolute atomic E-state index is 0.0318. The summed E-state index contributed by atoms with van der Waals surface area (Å²) in [5, 5.41) is 2.09. The number of rotatable bonds is 2. The second-order valence-corrected chi connectivity index (χ2v) is 10.5. The van der Waals surface area contributed by atoms with E-state index in [4.69, 9.17) is 10.5 Å². The maximum Gasteiger partial charge on any atom is 0.259 e. The Morgan fingerprint density at radius 3 is 2.50 bits per heavy atom. The molecule has 9 heteroatoms. The zero-order chi connectivity index (χ0) is 26.1. The van der Waals surface area contributed by atoms with Crippen LogP contribution in [0.1, 0.15) is 16.8 Å². The highest BCUT2D eigenvalue weighted by Crippen LogP contribution is 2.48. The van der Waals surface area contributed by atoms with Gasteiger partial charge in [-0.05, 0) is 42.4 Å². The van der Waals surface area contributed by atoms with Gasteiger partial charge >= 0.3 is 0 Å². The van der Waals surface area contributed by atoms with Crippen LogP contribution in [0.25, 0.3) is 27.4 Å². The van der Waals surface area contributed by atoms with Crippen molar-refractivity contribution in [3.05, 3.63) is 70.3 Å². The molecule has 0 aliphatic carbocycles. The molecule has 3 aliphatic rings. The van der Waals surface area contributed by atoms with Crippen LogP contribution in [0.2, 0.25) is 0 Å². The molecule has 2 N–H and O–H groups in total. The number of halogens is 1. The number of piperazine rings is 1. The summed E-state index contributed by atoms with van der Waals surface area (Å²) >= 11 is 0. The number of amides is 1. The number of hydrogen-bond donors (Lipinski definition) is 1. The van der Waals surface area contributed by atoms with Gasteiger partial charge in [0, 0.05) is 51.5 Å². The van der Waals surface area contributed by atoms with Crippen LogP contribution in [0.5, 0.6) is 11.5 Å². The van der Waals surface area contributed by atoms with Crippen LogP contribution in [0.3, 0.4) is 0 Å². The third-order valence-corrected chi connectivity index (χ3v) is 8.03. The summed E-state index contributed by atoms with van der Waals surface area (Å²) in [4.78, 5) is 33.1. The fourth-order valence-electron chi connectivity index (χ4n) is 5.91. The van der Waals surface area contributed by atoms with E-state index in [1.165, 1.54) is 6.07 Å². The highest BCUT2D eigenvalue weighted by Gasteiger charge is 2.33. The molecule has 4 heterocycles. The van der Waals surface area contributed by atoms with Crippen molar-refractivity contribution in [1.82, 2.24) is 14.4 Å². The molecule has 4 aromatic rings. The average Bonchev–Trinajstić information content (AvgIpc) is 3.34. The van der Waals surface area contributed by atoms with Crippen LogP contribution in [0.4, 0.5) is 10.1 Å². The standard InChI is InChI=1S/C29H28FN5O3/c1-32-8-10-33(11-9-32)29(37)21-16-35-23-12-17-4-2-3-5-18(17)13-24(23)38-28-25(35)20(27(21)36)14-22(30)26(28)34-7-6-19(31)15-34/h2-5,12-14,16,19H,6-11,15,31H2,1H3. The fraction of sp³-hybridized carbons (Fsp3) is 0.310. The van der Waals surface area contributed by atoms with E-state index in [1.54, 1.807) is 11.1 Å². The van der Waals surface area contributed by atoms with E-state index in [1.807, 2.05) is 52.9 Å². The molecule has 7 rings (SSSR count). The Hall–Kier alpha value is -3.95. The Bertz CT molecular complexity index is 1690. The third-order valence-electron chi connectivity index (χ3n) is 8.03. The minimum atomic E-state index is -0.557. The van der Waals surface area contributed by atoms with Gasteiger partial charge in [0.1, 0.15) is 16.8 Å². The second-order valence-electron chi connectivity index (χ2n) is 10.5.